The summed E-state index contributed by atoms with van der Waals surface area (Å²) in [5, 5.41) is 12.3. The molecule has 0 atom stereocenters. The van der Waals surface area contributed by atoms with Crippen LogP contribution in [0.4, 0.5) is 11.5 Å². The number of nitrogens with one attached hydrogen (secondary N) is 1. The molecule has 0 aliphatic carbocycles. The molecule has 0 spiro atoms. The van der Waals surface area contributed by atoms with Crippen molar-refractivity contribution >= 4 is 23.6 Å². The van der Waals surface area contributed by atoms with Crippen LogP contribution in [0.3, 0.4) is 0 Å². The molecule has 0 bridgehead atoms. The van der Waals surface area contributed by atoms with Crippen molar-refractivity contribution in [1.82, 2.24) is 9.55 Å². The summed E-state index contributed by atoms with van der Waals surface area (Å²) < 4.78 is 1.20. The summed E-state index contributed by atoms with van der Waals surface area (Å²) in [7, 11) is 0. The molecule has 3 aromatic rings. The molecule has 7 heteroatoms. The van der Waals surface area contributed by atoms with E-state index in [2.05, 4.69) is 22.4 Å². The van der Waals surface area contributed by atoms with E-state index in [0.29, 0.717) is 16.9 Å². The Morgan fingerprint density at radius 2 is 1.97 bits per heavy atom. The second kappa shape index (κ2) is 9.75. The molecule has 0 aliphatic rings. The molecule has 1 heterocycles. The highest BCUT2D eigenvalue weighted by Gasteiger charge is 2.15. The Balaban J connectivity index is 1.98. The number of hydrogen-bond acceptors (Lipinski definition) is 5. The molecule has 3 rings (SSSR count). The number of aliphatic carboxylic acids is 1. The minimum absolute atomic E-state index is 0.0157. The van der Waals surface area contributed by atoms with Gasteiger partial charge in [0.1, 0.15) is 6.54 Å². The summed E-state index contributed by atoms with van der Waals surface area (Å²) in [5.74, 6) is -0.996. The largest absolute Gasteiger partial charge is 0.480 e. The highest BCUT2D eigenvalue weighted by molar-refractivity contribution is 5.72. The Hall–Kier alpha value is -3.87. The standard InChI is InChI=1S/C24H26N4O3/c1-16(2)27-23-24(31)28(15-22(29)30)21(14-26-23)19-11-18(12-20(25)13-19)10-6-9-17-7-4-3-5-8-17/h3-8,10-14,16H,9,15,25H2,1-2H3,(H,26,27)(H,29,30)/b10-6+. The second-order valence-corrected chi connectivity index (χ2v) is 7.56. The summed E-state index contributed by atoms with van der Waals surface area (Å²) in [5.41, 5.74) is 9.18. The third kappa shape index (κ3) is 5.82. The zero-order valence-electron chi connectivity index (χ0n) is 17.6. The molecule has 0 saturated heterocycles. The van der Waals surface area contributed by atoms with Crippen LogP contribution in [0.5, 0.6) is 0 Å². The number of rotatable bonds is 8. The molecule has 0 unspecified atom stereocenters. The smallest absolute Gasteiger partial charge is 0.323 e. The lowest BCUT2D eigenvalue weighted by molar-refractivity contribution is -0.137. The predicted octanol–water partition coefficient (Wildman–Crippen LogP) is 3.65. The van der Waals surface area contributed by atoms with E-state index in [0.717, 1.165) is 12.0 Å². The topological polar surface area (TPSA) is 110 Å². The number of nitrogens with zero attached hydrogens (tertiary/aromatic N) is 2. The molecule has 31 heavy (non-hydrogen) atoms. The van der Waals surface area contributed by atoms with Crippen molar-refractivity contribution in [3.05, 3.63) is 82.3 Å². The van der Waals surface area contributed by atoms with Crippen molar-refractivity contribution in [2.24, 2.45) is 0 Å². The maximum absolute atomic E-state index is 12.9. The SMILES string of the molecule is CC(C)Nc1ncc(-c2cc(N)cc(/C=C/Cc3ccccc3)c2)n(CC(=O)O)c1=O. The van der Waals surface area contributed by atoms with Gasteiger partial charge in [-0.3, -0.25) is 14.2 Å². The van der Waals surface area contributed by atoms with Crippen LogP contribution >= 0.6 is 0 Å². The van der Waals surface area contributed by atoms with Crippen LogP contribution < -0.4 is 16.6 Å². The first-order valence-corrected chi connectivity index (χ1v) is 10.0. The molecule has 7 nitrogen and oxygen atoms in total. The highest BCUT2D eigenvalue weighted by Crippen LogP contribution is 2.24. The number of carboxylic acids is 1. The normalized spacial score (nSPS) is 11.2. The van der Waals surface area contributed by atoms with Crippen LogP contribution in [0.25, 0.3) is 17.3 Å². The Morgan fingerprint density at radius 1 is 1.23 bits per heavy atom. The zero-order chi connectivity index (χ0) is 22.4. The van der Waals surface area contributed by atoms with Gasteiger partial charge >= 0.3 is 5.97 Å². The Morgan fingerprint density at radius 3 is 2.65 bits per heavy atom. The number of allylic oxidation sites excluding steroid dienone is 1. The number of carboxylic acid groups (broad SMARTS) is 1. The fourth-order valence-electron chi connectivity index (χ4n) is 3.25. The first-order chi connectivity index (χ1) is 14.8. The Kier molecular flexibility index (Phi) is 6.87. The minimum atomic E-state index is -1.11. The zero-order valence-corrected chi connectivity index (χ0v) is 17.6. The van der Waals surface area contributed by atoms with Crippen molar-refractivity contribution in [2.45, 2.75) is 32.9 Å². The van der Waals surface area contributed by atoms with Gasteiger partial charge < -0.3 is 16.2 Å². The number of aromatic nitrogens is 2. The van der Waals surface area contributed by atoms with Crippen molar-refractivity contribution in [3.8, 4) is 11.3 Å². The maximum Gasteiger partial charge on any atom is 0.323 e. The van der Waals surface area contributed by atoms with E-state index in [1.54, 1.807) is 6.07 Å². The van der Waals surface area contributed by atoms with Gasteiger partial charge in [0.15, 0.2) is 5.82 Å². The van der Waals surface area contributed by atoms with Gasteiger partial charge in [0.05, 0.1) is 11.9 Å². The molecule has 1 aromatic heterocycles. The molecular weight excluding hydrogens is 392 g/mol. The molecular formula is C24H26N4O3. The molecule has 4 N–H and O–H groups in total. The summed E-state index contributed by atoms with van der Waals surface area (Å²) in [6.07, 6.45) is 6.26. The van der Waals surface area contributed by atoms with Gasteiger partial charge in [-0.2, -0.15) is 0 Å². The van der Waals surface area contributed by atoms with Gasteiger partial charge in [-0.1, -0.05) is 42.5 Å². The summed E-state index contributed by atoms with van der Waals surface area (Å²) >= 11 is 0. The van der Waals surface area contributed by atoms with Crippen molar-refractivity contribution in [1.29, 1.82) is 0 Å². The van der Waals surface area contributed by atoms with Crippen LogP contribution in [0.2, 0.25) is 0 Å². The van der Waals surface area contributed by atoms with Crippen molar-refractivity contribution in [2.75, 3.05) is 11.1 Å². The third-order valence-electron chi connectivity index (χ3n) is 4.55. The molecule has 0 fully saturated rings. The lowest BCUT2D eigenvalue weighted by Crippen LogP contribution is -2.30. The number of nitrogens with two attached hydrogens (primary N) is 1. The van der Waals surface area contributed by atoms with Gasteiger partial charge in [-0.25, -0.2) is 4.98 Å². The van der Waals surface area contributed by atoms with Gasteiger partial charge in [0, 0.05) is 17.3 Å². The maximum atomic E-state index is 12.9. The number of benzene rings is 2. The van der Waals surface area contributed by atoms with Crippen LogP contribution in [0, 0.1) is 0 Å². The van der Waals surface area contributed by atoms with E-state index in [9.17, 15) is 14.7 Å². The van der Waals surface area contributed by atoms with Crippen LogP contribution in [0.1, 0.15) is 25.0 Å². The summed E-state index contributed by atoms with van der Waals surface area (Å²) in [4.78, 5) is 28.5. The number of hydrogen-bond donors (Lipinski definition) is 3. The van der Waals surface area contributed by atoms with Crippen LogP contribution in [0.15, 0.2) is 65.6 Å². The first-order valence-electron chi connectivity index (χ1n) is 10.0. The fourth-order valence-corrected chi connectivity index (χ4v) is 3.25. The first kappa shape index (κ1) is 21.8. The lowest BCUT2D eigenvalue weighted by Gasteiger charge is -2.15. The van der Waals surface area contributed by atoms with E-state index >= 15 is 0 Å². The number of nitrogen functional groups attached to an aromatic ring is 1. The average Bonchev–Trinajstić information content (AvgIpc) is 2.71. The van der Waals surface area contributed by atoms with Crippen molar-refractivity contribution < 1.29 is 9.90 Å². The predicted molar refractivity (Wildman–Crippen MR) is 124 cm³/mol. The molecule has 0 aliphatic heterocycles. The fraction of sp³-hybridized carbons (Fsp3) is 0.208. The van der Waals surface area contributed by atoms with Crippen molar-refractivity contribution in [3.63, 3.8) is 0 Å². The van der Waals surface area contributed by atoms with Gasteiger partial charge in [-0.05, 0) is 49.6 Å². The Labute approximate surface area is 180 Å². The van der Waals surface area contributed by atoms with E-state index in [1.807, 2.05) is 56.3 Å². The molecule has 0 amide bonds. The summed E-state index contributed by atoms with van der Waals surface area (Å²) in [6.45, 7) is 3.28. The second-order valence-electron chi connectivity index (χ2n) is 7.56. The lowest BCUT2D eigenvalue weighted by atomic mass is 10.0. The summed E-state index contributed by atoms with van der Waals surface area (Å²) in [6, 6.07) is 15.5. The van der Waals surface area contributed by atoms with E-state index < -0.39 is 18.1 Å². The molecule has 0 saturated carbocycles. The number of carbonyl (C=O) groups is 1. The third-order valence-corrected chi connectivity index (χ3v) is 4.55. The molecule has 2 aromatic carbocycles. The van der Waals surface area contributed by atoms with E-state index in [-0.39, 0.29) is 11.9 Å². The van der Waals surface area contributed by atoms with E-state index in [1.165, 1.54) is 16.3 Å². The number of anilines is 2. The van der Waals surface area contributed by atoms with E-state index in [4.69, 9.17) is 5.73 Å². The van der Waals surface area contributed by atoms with Crippen LogP contribution in [-0.2, 0) is 17.8 Å². The van der Waals surface area contributed by atoms with Crippen LogP contribution in [-0.4, -0.2) is 26.7 Å². The molecule has 0 radical (unpaired) electrons. The Bertz CT molecular complexity index is 1150. The molecule has 160 valence electrons. The monoisotopic (exact) mass is 418 g/mol. The van der Waals surface area contributed by atoms with Gasteiger partial charge in [0.2, 0.25) is 0 Å². The van der Waals surface area contributed by atoms with Gasteiger partial charge in [0.25, 0.3) is 5.56 Å². The highest BCUT2D eigenvalue weighted by atomic mass is 16.4. The quantitative estimate of drug-likeness (QED) is 0.482. The minimum Gasteiger partial charge on any atom is -0.480 e. The average molecular weight is 418 g/mol. The van der Waals surface area contributed by atoms with Gasteiger partial charge in [-0.15, -0.1) is 0 Å².